The van der Waals surface area contributed by atoms with Crippen LogP contribution in [-0.2, 0) is 25.5 Å². The fraction of sp³-hybridized carbons (Fsp3) is 0.308. The summed E-state index contributed by atoms with van der Waals surface area (Å²) in [5, 5.41) is 8.36. The lowest BCUT2D eigenvalue weighted by molar-refractivity contribution is -0.155. The van der Waals surface area contributed by atoms with Crippen molar-refractivity contribution in [3.05, 3.63) is 29.8 Å². The van der Waals surface area contributed by atoms with Crippen molar-refractivity contribution in [1.29, 1.82) is 5.26 Å². The van der Waals surface area contributed by atoms with Crippen molar-refractivity contribution in [2.24, 2.45) is 4.99 Å². The summed E-state index contributed by atoms with van der Waals surface area (Å²) in [5.74, 6) is -0.291. The van der Waals surface area contributed by atoms with Crippen molar-refractivity contribution < 1.29 is 23.8 Å². The molecule has 0 radical (unpaired) electrons. The summed E-state index contributed by atoms with van der Waals surface area (Å²) in [6.07, 6.45) is 3.06. The van der Waals surface area contributed by atoms with E-state index in [0.29, 0.717) is 5.75 Å². The number of ether oxygens (including phenoxy) is 3. The van der Waals surface area contributed by atoms with Gasteiger partial charge >= 0.3 is 5.97 Å². The van der Waals surface area contributed by atoms with Gasteiger partial charge in [0.2, 0.25) is 6.08 Å². The Hall–Kier alpha value is -2.68. The van der Waals surface area contributed by atoms with Crippen molar-refractivity contribution in [1.82, 2.24) is 0 Å². The van der Waals surface area contributed by atoms with Gasteiger partial charge in [-0.25, -0.2) is 9.59 Å². The number of carbonyl (C=O) groups excluding carboxylic acids is 2. The zero-order valence-corrected chi connectivity index (χ0v) is 10.7. The van der Waals surface area contributed by atoms with Gasteiger partial charge in [-0.15, -0.1) is 5.26 Å². The highest BCUT2D eigenvalue weighted by molar-refractivity contribution is 5.77. The first-order valence-electron chi connectivity index (χ1n) is 5.58. The number of esters is 1. The number of isocyanates is 1. The summed E-state index contributed by atoms with van der Waals surface area (Å²) in [4.78, 5) is 25.4. The van der Waals surface area contributed by atoms with Crippen LogP contribution in [-0.4, -0.2) is 32.0 Å². The Morgan fingerprint density at radius 2 is 2.10 bits per heavy atom. The number of hydrogen-bond acceptors (Lipinski definition) is 7. The molecule has 0 N–H and O–H groups in total. The van der Waals surface area contributed by atoms with Gasteiger partial charge in [-0.3, -0.25) is 0 Å². The summed E-state index contributed by atoms with van der Waals surface area (Å²) in [6, 6.07) is 5.47. The molecule has 0 heterocycles. The van der Waals surface area contributed by atoms with Crippen molar-refractivity contribution in [2.45, 2.75) is 12.5 Å². The van der Waals surface area contributed by atoms with E-state index < -0.39 is 12.0 Å². The zero-order valence-electron chi connectivity index (χ0n) is 10.7. The van der Waals surface area contributed by atoms with Crippen molar-refractivity contribution >= 4 is 12.0 Å². The number of aliphatic imine (C=N–C) groups is 1. The van der Waals surface area contributed by atoms with Gasteiger partial charge < -0.3 is 14.2 Å². The number of rotatable bonds is 7. The Morgan fingerprint density at radius 1 is 1.40 bits per heavy atom. The first-order chi connectivity index (χ1) is 9.71. The monoisotopic (exact) mass is 276 g/mol. The first-order valence-corrected chi connectivity index (χ1v) is 5.58. The molecule has 1 unspecified atom stereocenters. The Morgan fingerprint density at radius 3 is 2.65 bits per heavy atom. The van der Waals surface area contributed by atoms with Gasteiger partial charge in [0.15, 0.2) is 12.8 Å². The highest BCUT2D eigenvalue weighted by atomic mass is 16.7. The SMILES string of the molecule is COCOC(=O)C(Cc1ccc(OC#N)cc1)N=C=O. The second kappa shape index (κ2) is 8.43. The largest absolute Gasteiger partial charge is 0.437 e. The van der Waals surface area contributed by atoms with E-state index in [4.69, 9.17) is 10.00 Å². The van der Waals surface area contributed by atoms with Gasteiger partial charge in [0.1, 0.15) is 5.75 Å². The molecule has 1 aromatic carbocycles. The summed E-state index contributed by atoms with van der Waals surface area (Å²) in [5.41, 5.74) is 0.730. The van der Waals surface area contributed by atoms with Crippen LogP contribution < -0.4 is 4.74 Å². The molecule has 0 bridgehead atoms. The second-order valence-corrected chi connectivity index (χ2v) is 3.65. The number of nitrogens with zero attached hydrogens (tertiary/aromatic N) is 2. The molecular formula is C13H12N2O5. The summed E-state index contributed by atoms with van der Waals surface area (Å²) in [6.45, 7) is -0.210. The first kappa shape index (κ1) is 15.4. The normalized spacial score (nSPS) is 10.8. The molecule has 7 nitrogen and oxygen atoms in total. The van der Waals surface area contributed by atoms with Crippen LogP contribution in [0.25, 0.3) is 0 Å². The van der Waals surface area contributed by atoms with Crippen LogP contribution in [0.4, 0.5) is 0 Å². The third-order valence-electron chi connectivity index (χ3n) is 2.32. The minimum absolute atomic E-state index is 0.171. The molecule has 0 saturated heterocycles. The lowest BCUT2D eigenvalue weighted by Gasteiger charge is -2.10. The van der Waals surface area contributed by atoms with E-state index in [2.05, 4.69) is 14.5 Å². The second-order valence-electron chi connectivity index (χ2n) is 3.65. The minimum Gasteiger partial charge on any atom is -0.437 e. The highest BCUT2D eigenvalue weighted by Gasteiger charge is 2.19. The minimum atomic E-state index is -0.981. The molecule has 1 rings (SSSR count). The molecule has 1 aromatic rings. The van der Waals surface area contributed by atoms with E-state index in [-0.39, 0.29) is 13.2 Å². The van der Waals surface area contributed by atoms with E-state index in [1.54, 1.807) is 30.5 Å². The summed E-state index contributed by atoms with van der Waals surface area (Å²) in [7, 11) is 1.37. The van der Waals surface area contributed by atoms with Crippen LogP contribution in [0, 0.1) is 11.5 Å². The van der Waals surface area contributed by atoms with Crippen LogP contribution in [0.1, 0.15) is 5.56 Å². The molecule has 0 amide bonds. The molecule has 104 valence electrons. The average molecular weight is 276 g/mol. The predicted molar refractivity (Wildman–Crippen MR) is 66.3 cm³/mol. The van der Waals surface area contributed by atoms with Crippen LogP contribution in [0.3, 0.4) is 0 Å². The lowest BCUT2D eigenvalue weighted by Crippen LogP contribution is -2.24. The molecule has 0 aliphatic carbocycles. The van der Waals surface area contributed by atoms with Crippen molar-refractivity contribution in [2.75, 3.05) is 13.9 Å². The molecule has 0 fully saturated rings. The van der Waals surface area contributed by atoms with E-state index >= 15 is 0 Å². The van der Waals surface area contributed by atoms with Gasteiger partial charge in [-0.1, -0.05) is 12.1 Å². The Bertz CT molecular complexity index is 529. The van der Waals surface area contributed by atoms with Gasteiger partial charge in [0.05, 0.1) is 0 Å². The van der Waals surface area contributed by atoms with Crippen molar-refractivity contribution in [3.63, 3.8) is 0 Å². The molecular weight excluding hydrogens is 264 g/mol. The fourth-order valence-corrected chi connectivity index (χ4v) is 1.43. The smallest absolute Gasteiger partial charge is 0.334 e. The topological polar surface area (TPSA) is 98.0 Å². The predicted octanol–water partition coefficient (Wildman–Crippen LogP) is 0.940. The highest BCUT2D eigenvalue weighted by Crippen LogP contribution is 2.14. The van der Waals surface area contributed by atoms with Crippen LogP contribution in [0.5, 0.6) is 5.75 Å². The van der Waals surface area contributed by atoms with E-state index in [9.17, 15) is 9.59 Å². The molecule has 0 aromatic heterocycles. The molecule has 0 aliphatic rings. The number of nitriles is 1. The maximum Gasteiger partial charge on any atom is 0.334 e. The third-order valence-corrected chi connectivity index (χ3v) is 2.32. The van der Waals surface area contributed by atoms with Gasteiger partial charge in [0.25, 0.3) is 6.26 Å². The molecule has 7 heteroatoms. The maximum absolute atomic E-state index is 11.6. The lowest BCUT2D eigenvalue weighted by atomic mass is 10.1. The van der Waals surface area contributed by atoms with Crippen LogP contribution in [0.2, 0.25) is 0 Å². The molecule has 20 heavy (non-hydrogen) atoms. The molecule has 0 aliphatic heterocycles. The number of carbonyl (C=O) groups is 1. The zero-order chi connectivity index (χ0) is 14.8. The average Bonchev–Trinajstić information content (AvgIpc) is 2.46. The Kier molecular flexibility index (Phi) is 6.48. The van der Waals surface area contributed by atoms with E-state index in [1.807, 2.05) is 0 Å². The standard InChI is InChI=1S/C13H12N2O5/c1-18-9-20-13(17)12(15-8-16)6-10-2-4-11(5-3-10)19-7-14/h2-5,12H,6,9H2,1H3. The van der Waals surface area contributed by atoms with Crippen LogP contribution in [0.15, 0.2) is 29.3 Å². The van der Waals surface area contributed by atoms with Crippen LogP contribution >= 0.6 is 0 Å². The summed E-state index contributed by atoms with van der Waals surface area (Å²) >= 11 is 0. The quantitative estimate of drug-likeness (QED) is 0.242. The van der Waals surface area contributed by atoms with Gasteiger partial charge in [0, 0.05) is 13.5 Å². The van der Waals surface area contributed by atoms with Gasteiger partial charge in [-0.2, -0.15) is 4.99 Å². The Balaban J connectivity index is 2.72. The van der Waals surface area contributed by atoms with E-state index in [0.717, 1.165) is 5.56 Å². The van der Waals surface area contributed by atoms with Crippen molar-refractivity contribution in [3.8, 4) is 12.0 Å². The number of methoxy groups -OCH3 is 1. The summed E-state index contributed by atoms with van der Waals surface area (Å²) < 4.78 is 14.0. The molecule has 1 atom stereocenters. The van der Waals surface area contributed by atoms with Gasteiger partial charge in [-0.05, 0) is 17.7 Å². The molecule has 0 saturated carbocycles. The Labute approximate surface area is 115 Å². The fourth-order valence-electron chi connectivity index (χ4n) is 1.43. The van der Waals surface area contributed by atoms with E-state index in [1.165, 1.54) is 13.2 Å². The number of hydrogen-bond donors (Lipinski definition) is 0. The third kappa shape index (κ3) is 4.90. The maximum atomic E-state index is 11.6. The number of benzene rings is 1. The molecule has 0 spiro atoms.